The van der Waals surface area contributed by atoms with Crippen LogP contribution in [0.25, 0.3) is 0 Å². The number of hydrogen-bond acceptors (Lipinski definition) is 4. The molecule has 1 unspecified atom stereocenters. The first-order chi connectivity index (χ1) is 9.81. The van der Waals surface area contributed by atoms with E-state index in [0.717, 1.165) is 25.0 Å². The fraction of sp³-hybridized carbons (Fsp3) is 0.417. The quantitative estimate of drug-likeness (QED) is 0.845. The Labute approximate surface area is 132 Å². The Morgan fingerprint density at radius 3 is 2.67 bits per heavy atom. The monoisotopic (exact) mass is 353 g/mol. The Hall–Kier alpha value is -0.860. The zero-order chi connectivity index (χ0) is 15.6. The molecule has 1 aromatic carbocycles. The Morgan fingerprint density at radius 2 is 2.10 bits per heavy atom. The molecule has 1 fully saturated rings. The van der Waals surface area contributed by atoms with E-state index in [1.807, 2.05) is 0 Å². The standard InChI is InChI=1S/C12H13Cl2NO5S/c13-9-5-10(14)11(4-8(9)12(16)17)21(18,19)15-6-7-2-1-3-20-7/h4-5,7,15H,1-3,6H2,(H,16,17). The van der Waals surface area contributed by atoms with E-state index in [1.54, 1.807) is 0 Å². The van der Waals surface area contributed by atoms with Crippen LogP contribution < -0.4 is 4.72 Å². The zero-order valence-electron chi connectivity index (χ0n) is 10.8. The predicted octanol–water partition coefficient (Wildman–Crippen LogP) is 2.15. The second kappa shape index (κ2) is 6.50. The summed E-state index contributed by atoms with van der Waals surface area (Å²) in [7, 11) is -3.94. The molecule has 21 heavy (non-hydrogen) atoms. The number of ether oxygens (including phenoxy) is 1. The van der Waals surface area contributed by atoms with Crippen molar-refractivity contribution in [3.8, 4) is 0 Å². The van der Waals surface area contributed by atoms with Crippen LogP contribution in [-0.2, 0) is 14.8 Å². The summed E-state index contributed by atoms with van der Waals surface area (Å²) in [6.07, 6.45) is 1.49. The van der Waals surface area contributed by atoms with E-state index in [1.165, 1.54) is 0 Å². The van der Waals surface area contributed by atoms with Gasteiger partial charge in [-0.15, -0.1) is 0 Å². The van der Waals surface area contributed by atoms with E-state index in [9.17, 15) is 13.2 Å². The molecule has 0 saturated carbocycles. The highest BCUT2D eigenvalue weighted by Crippen LogP contribution is 2.28. The molecule has 2 rings (SSSR count). The van der Waals surface area contributed by atoms with Gasteiger partial charge in [0.15, 0.2) is 0 Å². The van der Waals surface area contributed by atoms with E-state index >= 15 is 0 Å². The summed E-state index contributed by atoms with van der Waals surface area (Å²) >= 11 is 11.6. The lowest BCUT2D eigenvalue weighted by atomic mass is 10.2. The Morgan fingerprint density at radius 1 is 1.38 bits per heavy atom. The molecule has 1 heterocycles. The minimum absolute atomic E-state index is 0.115. The van der Waals surface area contributed by atoms with Gasteiger partial charge in [-0.1, -0.05) is 23.2 Å². The summed E-state index contributed by atoms with van der Waals surface area (Å²) in [4.78, 5) is 10.7. The van der Waals surface area contributed by atoms with Gasteiger partial charge in [-0.25, -0.2) is 17.9 Å². The van der Waals surface area contributed by atoms with Crippen LogP contribution in [0.1, 0.15) is 23.2 Å². The molecule has 0 aliphatic carbocycles. The highest BCUT2D eigenvalue weighted by atomic mass is 35.5. The van der Waals surface area contributed by atoms with Gasteiger partial charge >= 0.3 is 5.97 Å². The first kappa shape index (κ1) is 16.5. The molecule has 1 atom stereocenters. The molecular weight excluding hydrogens is 341 g/mol. The molecule has 0 aromatic heterocycles. The number of benzene rings is 1. The SMILES string of the molecule is O=C(O)c1cc(S(=O)(=O)NCC2CCCO2)c(Cl)cc1Cl. The van der Waals surface area contributed by atoms with Crippen molar-refractivity contribution in [3.63, 3.8) is 0 Å². The lowest BCUT2D eigenvalue weighted by Crippen LogP contribution is -2.32. The second-order valence-electron chi connectivity index (χ2n) is 4.55. The van der Waals surface area contributed by atoms with Crippen molar-refractivity contribution in [2.75, 3.05) is 13.2 Å². The van der Waals surface area contributed by atoms with Crippen molar-refractivity contribution < 1.29 is 23.1 Å². The second-order valence-corrected chi connectivity index (χ2v) is 7.10. The van der Waals surface area contributed by atoms with Crippen LogP contribution in [0, 0.1) is 0 Å². The molecule has 1 saturated heterocycles. The number of aromatic carboxylic acids is 1. The summed E-state index contributed by atoms with van der Waals surface area (Å²) in [5.74, 6) is -1.33. The van der Waals surface area contributed by atoms with Crippen LogP contribution >= 0.6 is 23.2 Å². The summed E-state index contributed by atoms with van der Waals surface area (Å²) < 4.78 is 32.1. The number of carbonyl (C=O) groups is 1. The van der Waals surface area contributed by atoms with Crippen molar-refractivity contribution in [1.82, 2.24) is 4.72 Å². The van der Waals surface area contributed by atoms with Gasteiger partial charge in [0.05, 0.1) is 21.7 Å². The normalized spacial score (nSPS) is 18.9. The zero-order valence-corrected chi connectivity index (χ0v) is 13.1. The number of rotatable bonds is 5. The summed E-state index contributed by atoms with van der Waals surface area (Å²) in [6.45, 7) is 0.723. The molecule has 1 aliphatic rings. The molecule has 1 aromatic rings. The van der Waals surface area contributed by atoms with Gasteiger partial charge in [-0.05, 0) is 25.0 Å². The molecule has 0 bridgehead atoms. The van der Waals surface area contributed by atoms with Gasteiger partial charge in [-0.3, -0.25) is 0 Å². The molecular formula is C12H13Cl2NO5S. The van der Waals surface area contributed by atoms with Crippen molar-refractivity contribution in [3.05, 3.63) is 27.7 Å². The molecule has 0 spiro atoms. The molecule has 6 nitrogen and oxygen atoms in total. The number of halogens is 2. The average Bonchev–Trinajstić information content (AvgIpc) is 2.88. The van der Waals surface area contributed by atoms with Crippen LogP contribution in [0.4, 0.5) is 0 Å². The van der Waals surface area contributed by atoms with Gasteiger partial charge < -0.3 is 9.84 Å². The fourth-order valence-corrected chi connectivity index (χ4v) is 3.90. The first-order valence-electron chi connectivity index (χ1n) is 6.15. The summed E-state index contributed by atoms with van der Waals surface area (Å²) in [6, 6.07) is 2.05. The van der Waals surface area contributed by atoms with E-state index in [-0.39, 0.29) is 33.2 Å². The molecule has 0 amide bonds. The van der Waals surface area contributed by atoms with Gasteiger partial charge in [0.1, 0.15) is 4.90 Å². The number of carboxylic acid groups (broad SMARTS) is 1. The largest absolute Gasteiger partial charge is 0.478 e. The number of sulfonamides is 1. The number of nitrogens with one attached hydrogen (secondary N) is 1. The summed E-state index contributed by atoms with van der Waals surface area (Å²) in [5.41, 5.74) is -0.321. The van der Waals surface area contributed by atoms with E-state index in [2.05, 4.69) is 4.72 Å². The minimum Gasteiger partial charge on any atom is -0.478 e. The third-order valence-corrected chi connectivity index (χ3v) is 5.27. The minimum atomic E-state index is -3.94. The topological polar surface area (TPSA) is 92.7 Å². The van der Waals surface area contributed by atoms with Gasteiger partial charge in [-0.2, -0.15) is 0 Å². The third-order valence-electron chi connectivity index (χ3n) is 3.07. The highest BCUT2D eigenvalue weighted by Gasteiger charge is 2.24. The maximum Gasteiger partial charge on any atom is 0.337 e. The van der Waals surface area contributed by atoms with Gasteiger partial charge in [0, 0.05) is 13.2 Å². The van der Waals surface area contributed by atoms with Crippen LogP contribution in [0.15, 0.2) is 17.0 Å². The molecule has 1 aliphatic heterocycles. The number of hydrogen-bond donors (Lipinski definition) is 2. The predicted molar refractivity (Wildman–Crippen MR) is 77.6 cm³/mol. The highest BCUT2D eigenvalue weighted by molar-refractivity contribution is 7.89. The van der Waals surface area contributed by atoms with Crippen molar-refractivity contribution in [1.29, 1.82) is 0 Å². The van der Waals surface area contributed by atoms with Crippen LogP contribution in [-0.4, -0.2) is 38.7 Å². The maximum atomic E-state index is 12.2. The lowest BCUT2D eigenvalue weighted by Gasteiger charge is -2.13. The van der Waals surface area contributed by atoms with Crippen LogP contribution in [0.2, 0.25) is 10.0 Å². The van der Waals surface area contributed by atoms with Crippen molar-refractivity contribution in [2.24, 2.45) is 0 Å². The Kier molecular flexibility index (Phi) is 5.11. The van der Waals surface area contributed by atoms with E-state index in [4.69, 9.17) is 33.0 Å². The lowest BCUT2D eigenvalue weighted by molar-refractivity contribution is 0.0697. The smallest absolute Gasteiger partial charge is 0.337 e. The van der Waals surface area contributed by atoms with Crippen LogP contribution in [0.3, 0.4) is 0 Å². The third kappa shape index (κ3) is 3.87. The van der Waals surface area contributed by atoms with Crippen molar-refractivity contribution in [2.45, 2.75) is 23.8 Å². The van der Waals surface area contributed by atoms with Crippen molar-refractivity contribution >= 4 is 39.2 Å². The average molecular weight is 354 g/mol. The molecule has 2 N–H and O–H groups in total. The Bertz CT molecular complexity index is 656. The first-order valence-corrected chi connectivity index (χ1v) is 8.39. The maximum absolute atomic E-state index is 12.2. The van der Waals surface area contributed by atoms with Gasteiger partial charge in [0.25, 0.3) is 0 Å². The van der Waals surface area contributed by atoms with E-state index < -0.39 is 16.0 Å². The van der Waals surface area contributed by atoms with Crippen LogP contribution in [0.5, 0.6) is 0 Å². The molecule has 9 heteroatoms. The molecule has 116 valence electrons. The fourth-order valence-electron chi connectivity index (χ4n) is 1.98. The summed E-state index contributed by atoms with van der Waals surface area (Å²) in [5, 5.41) is 8.73. The number of carboxylic acids is 1. The van der Waals surface area contributed by atoms with Gasteiger partial charge in [0.2, 0.25) is 10.0 Å². The molecule has 0 radical (unpaired) electrons. The van der Waals surface area contributed by atoms with E-state index in [0.29, 0.717) is 6.61 Å². The Balaban J connectivity index is 2.26.